The normalized spacial score (nSPS) is 9.83. The molecule has 0 aromatic carbocycles. The highest BCUT2D eigenvalue weighted by Gasteiger charge is 2.02. The number of rotatable bonds is 3. The molecule has 0 aliphatic heterocycles. The molecule has 0 atom stereocenters. The maximum absolute atomic E-state index is 10.9. The van der Waals surface area contributed by atoms with E-state index in [4.69, 9.17) is 0 Å². The van der Waals surface area contributed by atoms with Crippen molar-refractivity contribution in [2.45, 2.75) is 26.7 Å². The molecule has 0 unspecified atom stereocenters. The van der Waals surface area contributed by atoms with Crippen LogP contribution in [-0.4, -0.2) is 15.8 Å². The maximum Gasteiger partial charge on any atom is 0.196 e. The van der Waals surface area contributed by atoms with Gasteiger partial charge in [0.15, 0.2) is 11.6 Å². The predicted molar refractivity (Wildman–Crippen MR) is 46.0 cm³/mol. The van der Waals surface area contributed by atoms with Gasteiger partial charge in [0, 0.05) is 18.8 Å². The van der Waals surface area contributed by atoms with Gasteiger partial charge >= 0.3 is 0 Å². The van der Waals surface area contributed by atoms with Crippen molar-refractivity contribution in [3.63, 3.8) is 0 Å². The molecule has 0 bridgehead atoms. The van der Waals surface area contributed by atoms with Crippen LogP contribution in [0.15, 0.2) is 12.3 Å². The van der Waals surface area contributed by atoms with Gasteiger partial charge in [-0.15, -0.1) is 0 Å². The summed E-state index contributed by atoms with van der Waals surface area (Å²) < 4.78 is 0. The van der Waals surface area contributed by atoms with E-state index >= 15 is 0 Å². The zero-order valence-electron chi connectivity index (χ0n) is 7.37. The molecule has 0 saturated heterocycles. The third-order valence-corrected chi connectivity index (χ3v) is 1.53. The van der Waals surface area contributed by atoms with Crippen LogP contribution >= 0.6 is 0 Å². The average molecular weight is 164 g/mol. The number of carbonyl (C=O) groups excluding carboxylic acids is 1. The van der Waals surface area contributed by atoms with Gasteiger partial charge in [-0.1, -0.05) is 13.3 Å². The Hall–Kier alpha value is -1.25. The minimum atomic E-state index is -0.0760. The van der Waals surface area contributed by atoms with Gasteiger partial charge in [-0.2, -0.15) is 0 Å². The molecule has 1 heterocycles. The second-order valence-electron chi connectivity index (χ2n) is 2.68. The summed E-state index contributed by atoms with van der Waals surface area (Å²) in [7, 11) is 0. The molecular formula is C9H12N2O. The molecule has 64 valence electrons. The average Bonchev–Trinajstić information content (AvgIpc) is 2.05. The number of nitrogens with zero attached hydrogens (tertiary/aromatic N) is 2. The third-order valence-electron chi connectivity index (χ3n) is 1.53. The molecule has 0 fully saturated rings. The molecule has 1 aromatic heterocycles. The van der Waals surface area contributed by atoms with Gasteiger partial charge in [-0.3, -0.25) is 4.79 Å². The number of carbonyl (C=O) groups is 1. The molecule has 3 heteroatoms. The minimum absolute atomic E-state index is 0.0760. The first-order chi connectivity index (χ1) is 5.74. The van der Waals surface area contributed by atoms with Crippen LogP contribution in [0, 0.1) is 0 Å². The van der Waals surface area contributed by atoms with Gasteiger partial charge in [-0.05, 0) is 12.5 Å². The Morgan fingerprint density at radius 2 is 2.33 bits per heavy atom. The van der Waals surface area contributed by atoms with Crippen LogP contribution < -0.4 is 0 Å². The standard InChI is InChI=1S/C9H12N2O/c1-3-4-8-5-6-10-9(11-8)7(2)12/h5-6H,3-4H2,1-2H3. The Morgan fingerprint density at radius 1 is 1.58 bits per heavy atom. The Balaban J connectivity index is 2.88. The quantitative estimate of drug-likeness (QED) is 0.638. The summed E-state index contributed by atoms with van der Waals surface area (Å²) in [6.45, 7) is 3.56. The zero-order valence-corrected chi connectivity index (χ0v) is 7.37. The van der Waals surface area contributed by atoms with Crippen molar-refractivity contribution in [3.8, 4) is 0 Å². The SMILES string of the molecule is CCCc1ccnc(C(C)=O)n1. The molecule has 0 N–H and O–H groups in total. The summed E-state index contributed by atoms with van der Waals surface area (Å²) in [5.74, 6) is 0.244. The van der Waals surface area contributed by atoms with Gasteiger partial charge in [0.05, 0.1) is 0 Å². The lowest BCUT2D eigenvalue weighted by Crippen LogP contribution is -2.02. The molecule has 1 rings (SSSR count). The molecule has 0 spiro atoms. The van der Waals surface area contributed by atoms with E-state index in [0.29, 0.717) is 5.82 Å². The first-order valence-corrected chi connectivity index (χ1v) is 4.07. The number of aryl methyl sites for hydroxylation is 1. The van der Waals surface area contributed by atoms with Gasteiger partial charge in [0.2, 0.25) is 0 Å². The van der Waals surface area contributed by atoms with E-state index in [9.17, 15) is 4.79 Å². The first kappa shape index (κ1) is 8.84. The smallest absolute Gasteiger partial charge is 0.196 e. The van der Waals surface area contributed by atoms with Crippen molar-refractivity contribution in [1.29, 1.82) is 0 Å². The summed E-state index contributed by atoms with van der Waals surface area (Å²) >= 11 is 0. The van der Waals surface area contributed by atoms with Crippen molar-refractivity contribution in [2.75, 3.05) is 0 Å². The summed E-state index contributed by atoms with van der Waals surface area (Å²) in [4.78, 5) is 18.8. The summed E-state index contributed by atoms with van der Waals surface area (Å²) in [6, 6.07) is 1.84. The van der Waals surface area contributed by atoms with Crippen LogP contribution in [0.1, 0.15) is 36.6 Å². The number of aromatic nitrogens is 2. The van der Waals surface area contributed by atoms with Crippen LogP contribution in [0.3, 0.4) is 0 Å². The molecule has 0 radical (unpaired) electrons. The molecular weight excluding hydrogens is 152 g/mol. The lowest BCUT2D eigenvalue weighted by atomic mass is 10.2. The number of hydrogen-bond acceptors (Lipinski definition) is 3. The van der Waals surface area contributed by atoms with Crippen molar-refractivity contribution < 1.29 is 4.79 Å². The Kier molecular flexibility index (Phi) is 2.91. The summed E-state index contributed by atoms with van der Waals surface area (Å²) in [5.41, 5.74) is 0.942. The van der Waals surface area contributed by atoms with Crippen LogP contribution in [-0.2, 0) is 6.42 Å². The first-order valence-electron chi connectivity index (χ1n) is 4.07. The topological polar surface area (TPSA) is 42.9 Å². The van der Waals surface area contributed by atoms with E-state index in [1.807, 2.05) is 6.07 Å². The number of ketones is 1. The highest BCUT2D eigenvalue weighted by molar-refractivity contribution is 5.90. The van der Waals surface area contributed by atoms with E-state index in [1.54, 1.807) is 6.20 Å². The molecule has 0 aliphatic carbocycles. The molecule has 12 heavy (non-hydrogen) atoms. The van der Waals surface area contributed by atoms with E-state index in [0.717, 1.165) is 18.5 Å². The van der Waals surface area contributed by atoms with Gasteiger partial charge in [0.1, 0.15) is 0 Å². The lowest BCUT2D eigenvalue weighted by molar-refractivity contribution is 0.100. The van der Waals surface area contributed by atoms with Gasteiger partial charge < -0.3 is 0 Å². The fraction of sp³-hybridized carbons (Fsp3) is 0.444. The molecule has 1 aromatic rings. The lowest BCUT2D eigenvalue weighted by Gasteiger charge is -1.98. The van der Waals surface area contributed by atoms with Crippen LogP contribution in [0.25, 0.3) is 0 Å². The highest BCUT2D eigenvalue weighted by Crippen LogP contribution is 1.99. The zero-order chi connectivity index (χ0) is 8.97. The fourth-order valence-electron chi connectivity index (χ4n) is 0.961. The molecule has 0 saturated carbocycles. The predicted octanol–water partition coefficient (Wildman–Crippen LogP) is 1.63. The largest absolute Gasteiger partial charge is 0.291 e. The van der Waals surface area contributed by atoms with E-state index in [-0.39, 0.29) is 5.78 Å². The Bertz CT molecular complexity index is 284. The van der Waals surface area contributed by atoms with Gasteiger partial charge in [-0.25, -0.2) is 9.97 Å². The van der Waals surface area contributed by atoms with Crippen molar-refractivity contribution in [3.05, 3.63) is 23.8 Å². The third kappa shape index (κ3) is 2.12. The van der Waals surface area contributed by atoms with Crippen LogP contribution in [0.2, 0.25) is 0 Å². The molecule has 0 aliphatic rings. The second-order valence-corrected chi connectivity index (χ2v) is 2.68. The Morgan fingerprint density at radius 3 is 2.92 bits per heavy atom. The summed E-state index contributed by atoms with van der Waals surface area (Å²) in [5, 5.41) is 0. The van der Waals surface area contributed by atoms with Crippen LogP contribution in [0.5, 0.6) is 0 Å². The number of hydrogen-bond donors (Lipinski definition) is 0. The van der Waals surface area contributed by atoms with Crippen molar-refractivity contribution >= 4 is 5.78 Å². The minimum Gasteiger partial charge on any atom is -0.291 e. The molecule has 3 nitrogen and oxygen atoms in total. The van der Waals surface area contributed by atoms with E-state index in [1.165, 1.54) is 6.92 Å². The summed E-state index contributed by atoms with van der Waals surface area (Å²) in [6.07, 6.45) is 3.58. The maximum atomic E-state index is 10.9. The van der Waals surface area contributed by atoms with Crippen molar-refractivity contribution in [1.82, 2.24) is 9.97 Å². The molecule has 0 amide bonds. The Labute approximate surface area is 71.9 Å². The van der Waals surface area contributed by atoms with Crippen LogP contribution in [0.4, 0.5) is 0 Å². The van der Waals surface area contributed by atoms with Gasteiger partial charge in [0.25, 0.3) is 0 Å². The second kappa shape index (κ2) is 3.95. The van der Waals surface area contributed by atoms with E-state index < -0.39 is 0 Å². The number of Topliss-reactive ketones (excluding diaryl/α,β-unsaturated/α-hetero) is 1. The fourth-order valence-corrected chi connectivity index (χ4v) is 0.961. The van der Waals surface area contributed by atoms with Crippen molar-refractivity contribution in [2.24, 2.45) is 0 Å². The monoisotopic (exact) mass is 164 g/mol. The highest BCUT2D eigenvalue weighted by atomic mass is 16.1. The van der Waals surface area contributed by atoms with E-state index in [2.05, 4.69) is 16.9 Å².